The molecule has 1 aliphatic carbocycles. The molecule has 1 N–H and O–H groups in total. The van der Waals surface area contributed by atoms with Crippen molar-refractivity contribution in [3.8, 4) is 11.4 Å². The molecule has 3 aromatic rings. The second-order valence-corrected chi connectivity index (χ2v) is 7.70. The van der Waals surface area contributed by atoms with E-state index in [2.05, 4.69) is 5.32 Å². The molecule has 158 valence electrons. The normalized spacial score (nSPS) is 12.9. The Bertz CT molecular complexity index is 1190. The number of ketones is 1. The van der Waals surface area contributed by atoms with Crippen LogP contribution in [0, 0.1) is 6.92 Å². The zero-order valence-electron chi connectivity index (χ0n) is 17.6. The summed E-state index contributed by atoms with van der Waals surface area (Å²) in [4.78, 5) is 38.9. The van der Waals surface area contributed by atoms with Gasteiger partial charge in [0.25, 0.3) is 11.5 Å². The molecule has 1 aliphatic rings. The lowest BCUT2D eigenvalue weighted by Gasteiger charge is -2.21. The van der Waals surface area contributed by atoms with Crippen molar-refractivity contribution < 1.29 is 14.3 Å². The molecule has 2 aromatic carbocycles. The standard InChI is InChI=1S/C25H24N2O4/c1-16-6-10-18(11-7-16)27-22-4-3-5-23(28)20(22)14-21(25(27)30)24(29)26-15-17-8-12-19(31-2)13-9-17/h6-14H,3-5,15H2,1-2H3,(H,26,29). The number of carbonyl (C=O) groups excluding carboxylic acids is 2. The maximum absolute atomic E-state index is 13.3. The third kappa shape index (κ3) is 4.14. The summed E-state index contributed by atoms with van der Waals surface area (Å²) in [6, 6.07) is 16.3. The molecule has 6 heteroatoms. The largest absolute Gasteiger partial charge is 0.497 e. The van der Waals surface area contributed by atoms with Crippen molar-refractivity contribution >= 4 is 11.7 Å². The molecule has 0 fully saturated rings. The van der Waals surface area contributed by atoms with Crippen molar-refractivity contribution in [2.24, 2.45) is 0 Å². The summed E-state index contributed by atoms with van der Waals surface area (Å²) in [7, 11) is 1.59. The van der Waals surface area contributed by atoms with E-state index in [1.807, 2.05) is 55.5 Å². The monoisotopic (exact) mass is 416 g/mol. The first-order chi connectivity index (χ1) is 15.0. The number of nitrogens with zero attached hydrogens (tertiary/aromatic N) is 1. The SMILES string of the molecule is COc1ccc(CNC(=O)c2cc3c(n(-c4ccc(C)cc4)c2=O)CCCC3=O)cc1. The number of carbonyl (C=O) groups is 2. The fourth-order valence-electron chi connectivity index (χ4n) is 3.84. The van der Waals surface area contributed by atoms with Gasteiger partial charge in [0.2, 0.25) is 0 Å². The van der Waals surface area contributed by atoms with Gasteiger partial charge in [-0.25, -0.2) is 0 Å². The number of hydrogen-bond acceptors (Lipinski definition) is 4. The zero-order chi connectivity index (χ0) is 22.0. The van der Waals surface area contributed by atoms with Crippen LogP contribution in [-0.2, 0) is 13.0 Å². The molecular weight excluding hydrogens is 392 g/mol. The Morgan fingerprint density at radius 3 is 2.42 bits per heavy atom. The summed E-state index contributed by atoms with van der Waals surface area (Å²) < 4.78 is 6.66. The van der Waals surface area contributed by atoms with E-state index >= 15 is 0 Å². The van der Waals surface area contributed by atoms with Crippen LogP contribution < -0.4 is 15.6 Å². The van der Waals surface area contributed by atoms with E-state index in [9.17, 15) is 14.4 Å². The lowest BCUT2D eigenvalue weighted by Crippen LogP contribution is -2.35. The van der Waals surface area contributed by atoms with Crippen molar-refractivity contribution in [3.05, 3.63) is 92.9 Å². The molecule has 4 rings (SSSR count). The van der Waals surface area contributed by atoms with Crippen LogP contribution in [-0.4, -0.2) is 23.4 Å². The van der Waals surface area contributed by atoms with Gasteiger partial charge in [-0.2, -0.15) is 0 Å². The fraction of sp³-hybridized carbons (Fsp3) is 0.240. The van der Waals surface area contributed by atoms with Gasteiger partial charge >= 0.3 is 0 Å². The molecule has 31 heavy (non-hydrogen) atoms. The fourth-order valence-corrected chi connectivity index (χ4v) is 3.84. The van der Waals surface area contributed by atoms with Crippen molar-refractivity contribution in [1.82, 2.24) is 9.88 Å². The maximum atomic E-state index is 13.3. The average Bonchev–Trinajstić information content (AvgIpc) is 2.78. The summed E-state index contributed by atoms with van der Waals surface area (Å²) in [6.45, 7) is 2.23. The van der Waals surface area contributed by atoms with Crippen LogP contribution >= 0.6 is 0 Å². The molecule has 0 saturated carbocycles. The third-order valence-electron chi connectivity index (χ3n) is 5.57. The van der Waals surface area contributed by atoms with Crippen LogP contribution in [0.1, 0.15) is 50.4 Å². The Hall–Kier alpha value is -3.67. The van der Waals surface area contributed by atoms with Crippen LogP contribution in [0.25, 0.3) is 5.69 Å². The van der Waals surface area contributed by atoms with Crippen LogP contribution in [0.2, 0.25) is 0 Å². The molecule has 0 unspecified atom stereocenters. The van der Waals surface area contributed by atoms with E-state index in [0.717, 1.165) is 16.9 Å². The van der Waals surface area contributed by atoms with E-state index in [1.54, 1.807) is 7.11 Å². The van der Waals surface area contributed by atoms with E-state index in [1.165, 1.54) is 10.6 Å². The maximum Gasteiger partial charge on any atom is 0.268 e. The number of amides is 1. The molecule has 1 amide bonds. The lowest BCUT2D eigenvalue weighted by atomic mass is 9.92. The minimum atomic E-state index is -0.497. The van der Waals surface area contributed by atoms with E-state index in [-0.39, 0.29) is 17.9 Å². The highest BCUT2D eigenvalue weighted by Crippen LogP contribution is 2.24. The summed E-state index contributed by atoms with van der Waals surface area (Å²) >= 11 is 0. The Morgan fingerprint density at radius 2 is 1.74 bits per heavy atom. The van der Waals surface area contributed by atoms with Crippen LogP contribution in [0.3, 0.4) is 0 Å². The number of rotatable bonds is 5. The van der Waals surface area contributed by atoms with E-state index in [0.29, 0.717) is 36.2 Å². The number of Topliss-reactive ketones (excluding diaryl/α,β-unsaturated/α-hetero) is 1. The summed E-state index contributed by atoms with van der Waals surface area (Å²) in [5.41, 5.74) is 3.30. The van der Waals surface area contributed by atoms with Crippen LogP contribution in [0.4, 0.5) is 0 Å². The highest BCUT2D eigenvalue weighted by molar-refractivity contribution is 6.01. The van der Waals surface area contributed by atoms with Gasteiger partial charge in [-0.3, -0.25) is 19.0 Å². The van der Waals surface area contributed by atoms with Crippen molar-refractivity contribution in [1.29, 1.82) is 0 Å². The average molecular weight is 416 g/mol. The van der Waals surface area contributed by atoms with Crippen molar-refractivity contribution in [2.75, 3.05) is 7.11 Å². The molecule has 1 heterocycles. The van der Waals surface area contributed by atoms with Crippen molar-refractivity contribution in [2.45, 2.75) is 32.7 Å². The highest BCUT2D eigenvalue weighted by Gasteiger charge is 2.26. The third-order valence-corrected chi connectivity index (χ3v) is 5.57. The van der Waals surface area contributed by atoms with Gasteiger partial charge in [-0.05, 0) is 55.7 Å². The zero-order valence-corrected chi connectivity index (χ0v) is 17.6. The Labute approximate surface area is 180 Å². The number of fused-ring (bicyclic) bond motifs is 1. The van der Waals surface area contributed by atoms with Crippen molar-refractivity contribution in [3.63, 3.8) is 0 Å². The quantitative estimate of drug-likeness (QED) is 0.689. The first kappa shape index (κ1) is 20.6. The number of methoxy groups -OCH3 is 1. The molecule has 0 saturated heterocycles. The van der Waals surface area contributed by atoms with Gasteiger partial charge < -0.3 is 10.1 Å². The van der Waals surface area contributed by atoms with Crippen LogP contribution in [0.15, 0.2) is 59.4 Å². The molecule has 0 spiro atoms. The van der Waals surface area contributed by atoms with Gasteiger partial charge in [0, 0.05) is 29.9 Å². The minimum absolute atomic E-state index is 0.0249. The number of aryl methyl sites for hydroxylation is 1. The number of nitrogens with one attached hydrogen (secondary N) is 1. The molecule has 1 aromatic heterocycles. The molecule has 0 atom stereocenters. The lowest BCUT2D eigenvalue weighted by molar-refractivity contribution is 0.0949. The number of hydrogen-bond donors (Lipinski definition) is 1. The number of pyridine rings is 1. The van der Waals surface area contributed by atoms with Gasteiger partial charge in [0.1, 0.15) is 11.3 Å². The molecular formula is C25H24N2O4. The van der Waals surface area contributed by atoms with Gasteiger partial charge in [0.05, 0.1) is 7.11 Å². The summed E-state index contributed by atoms with van der Waals surface area (Å²) in [5.74, 6) is 0.193. The summed E-state index contributed by atoms with van der Waals surface area (Å²) in [5, 5.41) is 2.80. The van der Waals surface area contributed by atoms with Gasteiger partial charge in [0.15, 0.2) is 5.78 Å². The first-order valence-corrected chi connectivity index (χ1v) is 10.3. The predicted molar refractivity (Wildman–Crippen MR) is 118 cm³/mol. The number of aromatic nitrogens is 1. The number of benzene rings is 2. The highest BCUT2D eigenvalue weighted by atomic mass is 16.5. The molecule has 0 aliphatic heterocycles. The Morgan fingerprint density at radius 1 is 1.03 bits per heavy atom. The topological polar surface area (TPSA) is 77.4 Å². The van der Waals surface area contributed by atoms with E-state index in [4.69, 9.17) is 4.74 Å². The Kier molecular flexibility index (Phi) is 5.71. The Balaban J connectivity index is 1.71. The molecule has 0 radical (unpaired) electrons. The predicted octanol–water partition coefficient (Wildman–Crippen LogP) is 3.60. The van der Waals surface area contributed by atoms with Gasteiger partial charge in [-0.1, -0.05) is 29.8 Å². The van der Waals surface area contributed by atoms with Crippen LogP contribution in [0.5, 0.6) is 5.75 Å². The van der Waals surface area contributed by atoms with Gasteiger partial charge in [-0.15, -0.1) is 0 Å². The molecule has 6 nitrogen and oxygen atoms in total. The molecule has 0 bridgehead atoms. The minimum Gasteiger partial charge on any atom is -0.497 e. The number of ether oxygens (including phenoxy) is 1. The smallest absolute Gasteiger partial charge is 0.268 e. The second kappa shape index (κ2) is 8.60. The van der Waals surface area contributed by atoms with E-state index < -0.39 is 11.5 Å². The summed E-state index contributed by atoms with van der Waals surface area (Å²) in [6.07, 6.45) is 1.74. The first-order valence-electron chi connectivity index (χ1n) is 10.3. The second-order valence-electron chi connectivity index (χ2n) is 7.70.